The van der Waals surface area contributed by atoms with E-state index < -0.39 is 12.0 Å². The van der Waals surface area contributed by atoms with Gasteiger partial charge in [-0.2, -0.15) is 0 Å². The fraction of sp³-hybridized carbons (Fsp3) is 0.500. The Labute approximate surface area is 108 Å². The van der Waals surface area contributed by atoms with Crippen molar-refractivity contribution >= 4 is 5.97 Å². The van der Waals surface area contributed by atoms with Crippen molar-refractivity contribution in [2.24, 2.45) is 0 Å². The van der Waals surface area contributed by atoms with Crippen LogP contribution in [0.15, 0.2) is 24.3 Å². The summed E-state index contributed by atoms with van der Waals surface area (Å²) < 4.78 is 0. The average molecular weight is 251 g/mol. The average Bonchev–Trinajstić information content (AvgIpc) is 2.30. The lowest BCUT2D eigenvalue weighted by Crippen LogP contribution is -2.46. The standard InChI is InChI=1S/C14H21NO3/c1-4-15(10(2)3)13(14(17)18)9-11-5-7-12(16)8-6-11/h5-8,10,13,16H,4,9H2,1-3H3,(H,17,18). The van der Waals surface area contributed by atoms with Crippen molar-refractivity contribution in [2.75, 3.05) is 6.54 Å². The Morgan fingerprint density at radius 1 is 1.28 bits per heavy atom. The number of carbonyl (C=O) groups is 1. The highest BCUT2D eigenvalue weighted by atomic mass is 16.4. The summed E-state index contributed by atoms with van der Waals surface area (Å²) in [5.41, 5.74) is 0.916. The van der Waals surface area contributed by atoms with Gasteiger partial charge in [-0.3, -0.25) is 9.69 Å². The summed E-state index contributed by atoms with van der Waals surface area (Å²) in [6, 6.07) is 6.35. The Morgan fingerprint density at radius 2 is 1.83 bits per heavy atom. The Balaban J connectivity index is 2.86. The number of nitrogens with zero attached hydrogens (tertiary/aromatic N) is 1. The highest BCUT2D eigenvalue weighted by molar-refractivity contribution is 5.74. The fourth-order valence-electron chi connectivity index (χ4n) is 2.15. The Morgan fingerprint density at radius 3 is 2.22 bits per heavy atom. The van der Waals surface area contributed by atoms with Crippen LogP contribution in [0.4, 0.5) is 0 Å². The largest absolute Gasteiger partial charge is 0.508 e. The van der Waals surface area contributed by atoms with E-state index in [1.165, 1.54) is 0 Å². The SMILES string of the molecule is CCN(C(C)C)C(Cc1ccc(O)cc1)C(=O)O. The minimum atomic E-state index is -0.807. The van der Waals surface area contributed by atoms with Gasteiger partial charge in [-0.1, -0.05) is 19.1 Å². The maximum Gasteiger partial charge on any atom is 0.321 e. The van der Waals surface area contributed by atoms with Crippen LogP contribution in [0.25, 0.3) is 0 Å². The Kier molecular flexibility index (Phi) is 5.16. The summed E-state index contributed by atoms with van der Waals surface area (Å²) in [5.74, 6) is -0.611. The quantitative estimate of drug-likeness (QED) is 0.813. The molecule has 0 saturated carbocycles. The molecule has 0 bridgehead atoms. The van der Waals surface area contributed by atoms with E-state index in [0.717, 1.165) is 5.56 Å². The van der Waals surface area contributed by atoms with Crippen LogP contribution in [-0.4, -0.2) is 39.7 Å². The van der Waals surface area contributed by atoms with Gasteiger partial charge in [-0.15, -0.1) is 0 Å². The molecule has 4 nitrogen and oxygen atoms in total. The van der Waals surface area contributed by atoms with Crippen molar-refractivity contribution in [1.82, 2.24) is 4.90 Å². The molecule has 0 heterocycles. The van der Waals surface area contributed by atoms with Crippen molar-refractivity contribution in [3.63, 3.8) is 0 Å². The number of aliphatic carboxylic acids is 1. The molecule has 1 aromatic carbocycles. The number of likely N-dealkylation sites (N-methyl/N-ethyl adjacent to an activating group) is 1. The molecule has 1 unspecified atom stereocenters. The zero-order valence-corrected chi connectivity index (χ0v) is 11.1. The number of benzene rings is 1. The highest BCUT2D eigenvalue weighted by Gasteiger charge is 2.26. The second-order valence-electron chi connectivity index (χ2n) is 4.65. The van der Waals surface area contributed by atoms with Gasteiger partial charge in [0.1, 0.15) is 11.8 Å². The fourth-order valence-corrected chi connectivity index (χ4v) is 2.15. The second kappa shape index (κ2) is 6.40. The molecule has 0 fully saturated rings. The molecule has 4 heteroatoms. The van der Waals surface area contributed by atoms with E-state index in [-0.39, 0.29) is 11.8 Å². The van der Waals surface area contributed by atoms with Crippen molar-refractivity contribution in [3.05, 3.63) is 29.8 Å². The molecule has 0 aromatic heterocycles. The van der Waals surface area contributed by atoms with Crippen LogP contribution in [0.5, 0.6) is 5.75 Å². The second-order valence-corrected chi connectivity index (χ2v) is 4.65. The molecule has 0 spiro atoms. The van der Waals surface area contributed by atoms with Gasteiger partial charge in [0, 0.05) is 6.04 Å². The van der Waals surface area contributed by atoms with Crippen LogP contribution in [-0.2, 0) is 11.2 Å². The minimum Gasteiger partial charge on any atom is -0.508 e. The molecule has 100 valence electrons. The number of hydrogen-bond donors (Lipinski definition) is 2. The minimum absolute atomic E-state index is 0.188. The number of hydrogen-bond acceptors (Lipinski definition) is 3. The smallest absolute Gasteiger partial charge is 0.321 e. The summed E-state index contributed by atoms with van der Waals surface area (Å²) >= 11 is 0. The lowest BCUT2D eigenvalue weighted by molar-refractivity contribution is -0.144. The number of aromatic hydroxyl groups is 1. The summed E-state index contributed by atoms with van der Waals surface area (Å²) in [6.07, 6.45) is 0.446. The Bertz CT molecular complexity index is 387. The molecule has 0 aliphatic carbocycles. The molecule has 2 N–H and O–H groups in total. The molecule has 1 atom stereocenters. The summed E-state index contributed by atoms with van der Waals surface area (Å²) in [7, 11) is 0. The van der Waals surface area contributed by atoms with Crippen LogP contribution in [0.1, 0.15) is 26.3 Å². The van der Waals surface area contributed by atoms with Gasteiger partial charge in [-0.25, -0.2) is 0 Å². The first-order valence-electron chi connectivity index (χ1n) is 6.22. The van der Waals surface area contributed by atoms with E-state index in [1.807, 2.05) is 25.7 Å². The molecule has 0 aliphatic rings. The van der Waals surface area contributed by atoms with Gasteiger partial charge in [-0.05, 0) is 44.5 Å². The number of rotatable bonds is 6. The van der Waals surface area contributed by atoms with E-state index in [9.17, 15) is 15.0 Å². The van der Waals surface area contributed by atoms with Crippen LogP contribution >= 0.6 is 0 Å². The van der Waals surface area contributed by atoms with Crippen molar-refractivity contribution in [3.8, 4) is 5.75 Å². The zero-order valence-electron chi connectivity index (χ0n) is 11.1. The van der Waals surface area contributed by atoms with Crippen LogP contribution in [0.3, 0.4) is 0 Å². The number of phenols is 1. The monoisotopic (exact) mass is 251 g/mol. The summed E-state index contributed by atoms with van der Waals surface area (Å²) in [6.45, 7) is 6.66. The number of carboxylic acids is 1. The highest BCUT2D eigenvalue weighted by Crippen LogP contribution is 2.15. The first-order valence-corrected chi connectivity index (χ1v) is 6.22. The number of carboxylic acid groups (broad SMARTS) is 1. The maximum atomic E-state index is 11.4. The molecule has 18 heavy (non-hydrogen) atoms. The van der Waals surface area contributed by atoms with Gasteiger partial charge in [0.25, 0.3) is 0 Å². The molecular formula is C14H21NO3. The van der Waals surface area contributed by atoms with Crippen molar-refractivity contribution < 1.29 is 15.0 Å². The zero-order chi connectivity index (χ0) is 13.7. The molecule has 1 aromatic rings. The van der Waals surface area contributed by atoms with Crippen LogP contribution in [0, 0.1) is 0 Å². The predicted octanol–water partition coefficient (Wildman–Crippen LogP) is 2.12. The van der Waals surface area contributed by atoms with E-state index in [4.69, 9.17) is 0 Å². The first-order chi connectivity index (χ1) is 8.45. The third-order valence-electron chi connectivity index (χ3n) is 3.08. The maximum absolute atomic E-state index is 11.4. The van der Waals surface area contributed by atoms with E-state index in [0.29, 0.717) is 13.0 Å². The molecule has 0 saturated heterocycles. The third-order valence-corrected chi connectivity index (χ3v) is 3.08. The lowest BCUT2D eigenvalue weighted by Gasteiger charge is -2.31. The first kappa shape index (κ1) is 14.5. The summed E-state index contributed by atoms with van der Waals surface area (Å²) in [5, 5.41) is 18.6. The summed E-state index contributed by atoms with van der Waals surface area (Å²) in [4.78, 5) is 13.3. The van der Waals surface area contributed by atoms with Gasteiger partial charge in [0.05, 0.1) is 0 Å². The molecule has 1 rings (SSSR count). The molecule has 0 radical (unpaired) electrons. The number of phenolic OH excluding ortho intramolecular Hbond substituents is 1. The van der Waals surface area contributed by atoms with Crippen molar-refractivity contribution in [2.45, 2.75) is 39.3 Å². The molecule has 0 amide bonds. The van der Waals surface area contributed by atoms with E-state index in [2.05, 4.69) is 0 Å². The van der Waals surface area contributed by atoms with E-state index in [1.54, 1.807) is 24.3 Å². The van der Waals surface area contributed by atoms with Crippen LogP contribution in [0.2, 0.25) is 0 Å². The Hall–Kier alpha value is -1.55. The van der Waals surface area contributed by atoms with Crippen LogP contribution < -0.4 is 0 Å². The van der Waals surface area contributed by atoms with E-state index >= 15 is 0 Å². The molecule has 0 aliphatic heterocycles. The van der Waals surface area contributed by atoms with Gasteiger partial charge in [0.2, 0.25) is 0 Å². The van der Waals surface area contributed by atoms with Crippen molar-refractivity contribution in [1.29, 1.82) is 0 Å². The third kappa shape index (κ3) is 3.74. The normalized spacial score (nSPS) is 12.9. The molecular weight excluding hydrogens is 230 g/mol. The topological polar surface area (TPSA) is 60.8 Å². The predicted molar refractivity (Wildman–Crippen MR) is 70.8 cm³/mol. The van der Waals surface area contributed by atoms with Gasteiger partial charge < -0.3 is 10.2 Å². The lowest BCUT2D eigenvalue weighted by atomic mass is 10.0. The van der Waals surface area contributed by atoms with Gasteiger partial charge >= 0.3 is 5.97 Å². The van der Waals surface area contributed by atoms with Gasteiger partial charge in [0.15, 0.2) is 0 Å².